The van der Waals surface area contributed by atoms with Crippen LogP contribution in [0.15, 0.2) is 0 Å². The number of hydrogen-bond donors (Lipinski definition) is 2. The molecule has 1 aliphatic heterocycles. The van der Waals surface area contributed by atoms with Gasteiger partial charge in [-0.1, -0.05) is 20.8 Å². The minimum atomic E-state index is -0.410. The first kappa shape index (κ1) is 15.3. The number of nitrogens with two attached hydrogens (primary N) is 1. The molecular weight excluding hydrogens is 264 g/mol. The largest absolute Gasteiger partial charge is 0.381 e. The normalized spacial score (nSPS) is 40.2. The van der Waals surface area contributed by atoms with Gasteiger partial charge < -0.3 is 15.8 Å². The summed E-state index contributed by atoms with van der Waals surface area (Å²) < 4.78 is 5.42. The molecule has 1 heterocycles. The van der Waals surface area contributed by atoms with Crippen molar-refractivity contribution < 1.29 is 9.53 Å². The van der Waals surface area contributed by atoms with Crippen molar-refractivity contribution in [2.75, 3.05) is 19.8 Å². The van der Waals surface area contributed by atoms with Crippen molar-refractivity contribution in [1.82, 2.24) is 5.32 Å². The second-order valence-corrected chi connectivity index (χ2v) is 8.42. The molecule has 3 atom stereocenters. The molecule has 4 heteroatoms. The molecule has 3 unspecified atom stereocenters. The van der Waals surface area contributed by atoms with E-state index in [1.165, 1.54) is 19.3 Å². The third-order valence-corrected chi connectivity index (χ3v) is 6.87. The van der Waals surface area contributed by atoms with E-state index in [0.717, 1.165) is 18.8 Å². The maximum atomic E-state index is 13.0. The lowest BCUT2D eigenvalue weighted by Crippen LogP contribution is -2.58. The van der Waals surface area contributed by atoms with E-state index in [1.54, 1.807) is 0 Å². The molecule has 21 heavy (non-hydrogen) atoms. The van der Waals surface area contributed by atoms with Crippen LogP contribution < -0.4 is 11.1 Å². The maximum absolute atomic E-state index is 13.0. The van der Waals surface area contributed by atoms with Crippen molar-refractivity contribution >= 4 is 5.91 Å². The summed E-state index contributed by atoms with van der Waals surface area (Å²) in [5.41, 5.74) is 6.03. The Morgan fingerprint density at radius 3 is 2.43 bits per heavy atom. The predicted molar refractivity (Wildman–Crippen MR) is 82.7 cm³/mol. The summed E-state index contributed by atoms with van der Waals surface area (Å²) in [5.74, 6) is 0.913. The topological polar surface area (TPSA) is 64.4 Å². The molecule has 0 spiro atoms. The molecule has 3 aliphatic rings. The van der Waals surface area contributed by atoms with Crippen molar-refractivity contribution in [2.45, 2.75) is 58.9 Å². The molecule has 0 aromatic rings. The Morgan fingerprint density at radius 2 is 1.90 bits per heavy atom. The highest BCUT2D eigenvalue weighted by Gasteiger charge is 2.60. The molecule has 2 aliphatic carbocycles. The van der Waals surface area contributed by atoms with Crippen LogP contribution >= 0.6 is 0 Å². The molecule has 120 valence electrons. The first-order chi connectivity index (χ1) is 9.84. The van der Waals surface area contributed by atoms with Crippen LogP contribution in [-0.4, -0.2) is 31.7 Å². The van der Waals surface area contributed by atoms with Gasteiger partial charge in [-0.15, -0.1) is 0 Å². The molecule has 0 radical (unpaired) electrons. The van der Waals surface area contributed by atoms with Crippen LogP contribution in [0.25, 0.3) is 0 Å². The number of amides is 1. The summed E-state index contributed by atoms with van der Waals surface area (Å²) in [4.78, 5) is 13.0. The summed E-state index contributed by atoms with van der Waals surface area (Å²) in [6, 6.07) is 0.280. The Labute approximate surface area is 128 Å². The van der Waals surface area contributed by atoms with Crippen molar-refractivity contribution in [3.8, 4) is 0 Å². The van der Waals surface area contributed by atoms with Crippen molar-refractivity contribution in [3.63, 3.8) is 0 Å². The van der Waals surface area contributed by atoms with E-state index in [4.69, 9.17) is 10.5 Å². The zero-order chi connectivity index (χ0) is 15.3. The smallest absolute Gasteiger partial charge is 0.227 e. The SMILES string of the molecule is CC12CCC(C1)C(C)(C)C2NC(=O)C1(CN)CCOCC1. The summed E-state index contributed by atoms with van der Waals surface area (Å²) in [5, 5.41) is 3.43. The quantitative estimate of drug-likeness (QED) is 0.837. The fraction of sp³-hybridized carbons (Fsp3) is 0.941. The monoisotopic (exact) mass is 294 g/mol. The van der Waals surface area contributed by atoms with E-state index in [-0.39, 0.29) is 22.8 Å². The van der Waals surface area contributed by atoms with Gasteiger partial charge in [0.15, 0.2) is 0 Å². The molecule has 1 amide bonds. The molecule has 3 rings (SSSR count). The first-order valence-corrected chi connectivity index (χ1v) is 8.43. The van der Waals surface area contributed by atoms with Gasteiger partial charge in [0.1, 0.15) is 0 Å². The number of carbonyl (C=O) groups excluding carboxylic acids is 1. The van der Waals surface area contributed by atoms with E-state index in [1.807, 2.05) is 0 Å². The van der Waals surface area contributed by atoms with Gasteiger partial charge in [-0.2, -0.15) is 0 Å². The second-order valence-electron chi connectivity index (χ2n) is 8.42. The van der Waals surface area contributed by atoms with Gasteiger partial charge in [0.25, 0.3) is 0 Å². The van der Waals surface area contributed by atoms with E-state index < -0.39 is 5.41 Å². The molecule has 3 fully saturated rings. The van der Waals surface area contributed by atoms with E-state index in [9.17, 15) is 4.79 Å². The first-order valence-electron chi connectivity index (χ1n) is 8.43. The van der Waals surface area contributed by atoms with E-state index in [2.05, 4.69) is 26.1 Å². The zero-order valence-corrected chi connectivity index (χ0v) is 13.7. The van der Waals surface area contributed by atoms with Gasteiger partial charge in [-0.05, 0) is 48.9 Å². The van der Waals surface area contributed by atoms with Gasteiger partial charge in [-0.3, -0.25) is 4.79 Å². The molecule has 1 saturated heterocycles. The highest BCUT2D eigenvalue weighted by atomic mass is 16.5. The Balaban J connectivity index is 1.78. The molecule has 4 nitrogen and oxygen atoms in total. The van der Waals surface area contributed by atoms with Gasteiger partial charge in [0, 0.05) is 25.8 Å². The van der Waals surface area contributed by atoms with Crippen LogP contribution in [0.2, 0.25) is 0 Å². The van der Waals surface area contributed by atoms with Crippen molar-refractivity contribution in [2.24, 2.45) is 27.9 Å². The highest BCUT2D eigenvalue weighted by molar-refractivity contribution is 5.83. The summed E-state index contributed by atoms with van der Waals surface area (Å²) in [6.45, 7) is 8.73. The second kappa shape index (κ2) is 4.95. The minimum Gasteiger partial charge on any atom is -0.381 e. The zero-order valence-electron chi connectivity index (χ0n) is 13.7. The van der Waals surface area contributed by atoms with Crippen LogP contribution in [0.4, 0.5) is 0 Å². The standard InChI is InChI=1S/C17H30N2O2/c1-15(2)12-4-5-16(3,10-12)13(15)19-14(20)17(11-18)6-8-21-9-7-17/h12-13H,4-11,18H2,1-3H3,(H,19,20). The van der Waals surface area contributed by atoms with Gasteiger partial charge in [0.2, 0.25) is 5.91 Å². The van der Waals surface area contributed by atoms with Gasteiger partial charge in [-0.25, -0.2) is 0 Å². The van der Waals surface area contributed by atoms with Gasteiger partial charge in [0.05, 0.1) is 5.41 Å². The predicted octanol–water partition coefficient (Wildman–Crippen LogP) is 2.07. The molecule has 2 saturated carbocycles. The number of fused-ring (bicyclic) bond motifs is 2. The molecular formula is C17H30N2O2. The highest BCUT2D eigenvalue weighted by Crippen LogP contribution is 2.62. The number of carbonyl (C=O) groups is 1. The number of nitrogens with one attached hydrogen (secondary N) is 1. The lowest BCUT2D eigenvalue weighted by atomic mass is 9.67. The Bertz CT molecular complexity index is 424. The van der Waals surface area contributed by atoms with Gasteiger partial charge >= 0.3 is 0 Å². The van der Waals surface area contributed by atoms with E-state index >= 15 is 0 Å². The number of ether oxygens (including phenoxy) is 1. The Hall–Kier alpha value is -0.610. The van der Waals surface area contributed by atoms with Crippen LogP contribution in [0.5, 0.6) is 0 Å². The minimum absolute atomic E-state index is 0.167. The van der Waals surface area contributed by atoms with Crippen LogP contribution in [0, 0.1) is 22.2 Å². The maximum Gasteiger partial charge on any atom is 0.227 e. The Morgan fingerprint density at radius 1 is 1.24 bits per heavy atom. The lowest BCUT2D eigenvalue weighted by Gasteiger charge is -2.45. The van der Waals surface area contributed by atoms with E-state index in [0.29, 0.717) is 19.8 Å². The fourth-order valence-electron chi connectivity index (χ4n) is 5.23. The average Bonchev–Trinajstić information content (AvgIpc) is 2.95. The molecule has 0 aromatic carbocycles. The Kier molecular flexibility index (Phi) is 3.61. The third kappa shape index (κ3) is 2.22. The summed E-state index contributed by atoms with van der Waals surface area (Å²) >= 11 is 0. The molecule has 3 N–H and O–H groups in total. The molecule has 0 aromatic heterocycles. The fourth-order valence-corrected chi connectivity index (χ4v) is 5.23. The van der Waals surface area contributed by atoms with Crippen LogP contribution in [0.1, 0.15) is 52.9 Å². The lowest BCUT2D eigenvalue weighted by molar-refractivity contribution is -0.138. The number of hydrogen-bond acceptors (Lipinski definition) is 3. The van der Waals surface area contributed by atoms with Crippen LogP contribution in [0.3, 0.4) is 0 Å². The summed E-state index contributed by atoms with van der Waals surface area (Å²) in [7, 11) is 0. The van der Waals surface area contributed by atoms with Crippen molar-refractivity contribution in [1.29, 1.82) is 0 Å². The van der Waals surface area contributed by atoms with Crippen molar-refractivity contribution in [3.05, 3.63) is 0 Å². The molecule has 2 bridgehead atoms. The average molecular weight is 294 g/mol. The number of rotatable bonds is 3. The summed E-state index contributed by atoms with van der Waals surface area (Å²) in [6.07, 6.45) is 5.31. The van der Waals surface area contributed by atoms with Crippen LogP contribution in [-0.2, 0) is 9.53 Å². The third-order valence-electron chi connectivity index (χ3n) is 6.87.